The van der Waals surface area contributed by atoms with Gasteiger partial charge in [0.05, 0.1) is 5.41 Å². The second kappa shape index (κ2) is 9.84. The number of nitrogens with one attached hydrogen (secondary N) is 2. The third-order valence-corrected chi connectivity index (χ3v) is 3.01. The first-order valence-electron chi connectivity index (χ1n) is 6.77. The molecule has 0 spiro atoms. The minimum absolute atomic E-state index is 0.00413. The average molecular weight is 304 g/mol. The van der Waals surface area contributed by atoms with Gasteiger partial charge in [0.25, 0.3) is 0 Å². The normalized spacial score (nSPS) is 10.5. The van der Waals surface area contributed by atoms with E-state index in [9.17, 15) is 14.4 Å². The van der Waals surface area contributed by atoms with Crippen LogP contribution >= 0.6 is 0 Å². The fraction of sp³-hybridized carbons (Fsp3) is 0.769. The molecule has 21 heavy (non-hydrogen) atoms. The van der Waals surface area contributed by atoms with Crippen LogP contribution in [0, 0.1) is 5.41 Å². The topological polar surface area (TPSA) is 103 Å². The van der Waals surface area contributed by atoms with Gasteiger partial charge in [0, 0.05) is 20.5 Å². The van der Waals surface area contributed by atoms with E-state index >= 15 is 0 Å². The molecule has 0 saturated heterocycles. The third-order valence-electron chi connectivity index (χ3n) is 3.01. The highest BCUT2D eigenvalue weighted by Crippen LogP contribution is 2.24. The number of carbonyl (C=O) groups excluding carboxylic acids is 3. The van der Waals surface area contributed by atoms with E-state index in [0.29, 0.717) is 6.42 Å². The van der Waals surface area contributed by atoms with Crippen molar-refractivity contribution < 1.29 is 28.6 Å². The van der Waals surface area contributed by atoms with Gasteiger partial charge in [-0.25, -0.2) is 9.59 Å². The number of amides is 2. The van der Waals surface area contributed by atoms with Gasteiger partial charge in [-0.1, -0.05) is 13.8 Å². The molecule has 0 aromatic heterocycles. The van der Waals surface area contributed by atoms with Gasteiger partial charge in [-0.15, -0.1) is 0 Å². The highest BCUT2D eigenvalue weighted by molar-refractivity contribution is 5.69. The van der Waals surface area contributed by atoms with Gasteiger partial charge in [0.1, 0.15) is 19.8 Å². The average Bonchev–Trinajstić information content (AvgIpc) is 2.53. The van der Waals surface area contributed by atoms with E-state index in [1.165, 1.54) is 14.1 Å². The van der Waals surface area contributed by atoms with Crippen LogP contribution in [0.4, 0.5) is 9.59 Å². The molecule has 0 bridgehead atoms. The highest BCUT2D eigenvalue weighted by atomic mass is 16.6. The van der Waals surface area contributed by atoms with E-state index < -0.39 is 17.6 Å². The maximum atomic E-state index is 11.3. The third kappa shape index (κ3) is 7.38. The van der Waals surface area contributed by atoms with Gasteiger partial charge in [-0.3, -0.25) is 4.79 Å². The summed E-state index contributed by atoms with van der Waals surface area (Å²) >= 11 is 0. The van der Waals surface area contributed by atoms with Crippen molar-refractivity contribution in [2.45, 2.75) is 26.7 Å². The maximum absolute atomic E-state index is 11.3. The van der Waals surface area contributed by atoms with Crippen LogP contribution in [0.1, 0.15) is 26.7 Å². The van der Waals surface area contributed by atoms with Crippen LogP contribution in [-0.4, -0.2) is 52.1 Å². The van der Waals surface area contributed by atoms with Crippen molar-refractivity contribution in [1.82, 2.24) is 10.6 Å². The van der Waals surface area contributed by atoms with Gasteiger partial charge in [-0.2, -0.15) is 0 Å². The van der Waals surface area contributed by atoms with Crippen LogP contribution in [0.15, 0.2) is 0 Å². The summed E-state index contributed by atoms with van der Waals surface area (Å²) in [6, 6.07) is 0. The molecule has 0 aromatic carbocycles. The molecule has 0 radical (unpaired) electrons. The van der Waals surface area contributed by atoms with Crippen LogP contribution in [0.2, 0.25) is 0 Å². The van der Waals surface area contributed by atoms with Crippen molar-refractivity contribution >= 4 is 18.2 Å². The standard InChI is InChI=1S/C13H24N2O6/c1-5-10(16)19-7-13(6-2,8-20-11(17)14-3)9-21-12(18)15-4/h5-9H2,1-4H3,(H,14,17)(H,15,18). The summed E-state index contributed by atoms with van der Waals surface area (Å²) in [5, 5.41) is 4.65. The quantitative estimate of drug-likeness (QED) is 0.513. The molecule has 0 rings (SSSR count). The summed E-state index contributed by atoms with van der Waals surface area (Å²) in [5.74, 6) is -0.368. The van der Waals surface area contributed by atoms with E-state index in [-0.39, 0.29) is 32.2 Å². The van der Waals surface area contributed by atoms with Crippen LogP contribution < -0.4 is 10.6 Å². The monoisotopic (exact) mass is 304 g/mol. The van der Waals surface area contributed by atoms with E-state index in [4.69, 9.17) is 14.2 Å². The van der Waals surface area contributed by atoms with Gasteiger partial charge in [0.2, 0.25) is 0 Å². The number of hydrogen-bond acceptors (Lipinski definition) is 6. The first-order valence-corrected chi connectivity index (χ1v) is 6.77. The molecule has 8 nitrogen and oxygen atoms in total. The molecule has 0 fully saturated rings. The molecule has 2 amide bonds. The Balaban J connectivity index is 4.76. The molecule has 0 heterocycles. The van der Waals surface area contributed by atoms with E-state index in [1.807, 2.05) is 6.92 Å². The molecule has 0 unspecified atom stereocenters. The van der Waals surface area contributed by atoms with Gasteiger partial charge in [-0.05, 0) is 6.42 Å². The fourth-order valence-corrected chi connectivity index (χ4v) is 1.35. The number of ether oxygens (including phenoxy) is 3. The smallest absolute Gasteiger partial charge is 0.406 e. The largest absolute Gasteiger partial charge is 0.465 e. The van der Waals surface area contributed by atoms with Crippen molar-refractivity contribution in [3.05, 3.63) is 0 Å². The zero-order valence-electron chi connectivity index (χ0n) is 13.0. The molecule has 0 aliphatic rings. The molecule has 0 aromatic rings. The summed E-state index contributed by atoms with van der Waals surface area (Å²) < 4.78 is 15.2. The zero-order chi connectivity index (χ0) is 16.3. The number of hydrogen-bond donors (Lipinski definition) is 2. The first-order chi connectivity index (χ1) is 9.92. The minimum atomic E-state index is -0.774. The molecule has 0 saturated carbocycles. The van der Waals surface area contributed by atoms with Crippen LogP contribution in [0.25, 0.3) is 0 Å². The number of rotatable bonds is 8. The van der Waals surface area contributed by atoms with E-state index in [0.717, 1.165) is 0 Å². The first kappa shape index (κ1) is 19.0. The molecule has 122 valence electrons. The molecule has 8 heteroatoms. The molecular weight excluding hydrogens is 280 g/mol. The molecular formula is C13H24N2O6. The van der Waals surface area contributed by atoms with Gasteiger partial charge >= 0.3 is 18.2 Å². The Morgan fingerprint density at radius 2 is 1.29 bits per heavy atom. The predicted molar refractivity (Wildman–Crippen MR) is 74.8 cm³/mol. The van der Waals surface area contributed by atoms with Crippen molar-refractivity contribution in [3.63, 3.8) is 0 Å². The summed E-state index contributed by atoms with van der Waals surface area (Å²) in [6.45, 7) is 3.46. The molecule has 0 aliphatic heterocycles. The summed E-state index contributed by atoms with van der Waals surface area (Å²) in [5.41, 5.74) is -0.774. The van der Waals surface area contributed by atoms with Crippen molar-refractivity contribution in [1.29, 1.82) is 0 Å². The zero-order valence-corrected chi connectivity index (χ0v) is 13.0. The second-order valence-electron chi connectivity index (χ2n) is 4.52. The minimum Gasteiger partial charge on any atom is -0.465 e. The van der Waals surface area contributed by atoms with Gasteiger partial charge in [0.15, 0.2) is 0 Å². The molecule has 2 N–H and O–H groups in total. The van der Waals surface area contributed by atoms with Crippen molar-refractivity contribution in [3.8, 4) is 0 Å². The number of carbonyl (C=O) groups is 3. The summed E-state index contributed by atoms with van der Waals surface area (Å²) in [6.07, 6.45) is -0.464. The number of esters is 1. The van der Waals surface area contributed by atoms with Crippen LogP contribution in [0.5, 0.6) is 0 Å². The summed E-state index contributed by atoms with van der Waals surface area (Å²) in [7, 11) is 2.88. The molecule has 0 atom stereocenters. The Morgan fingerprint density at radius 1 is 0.857 bits per heavy atom. The van der Waals surface area contributed by atoms with Gasteiger partial charge < -0.3 is 24.8 Å². The SMILES string of the molecule is CCC(=O)OCC(CC)(COC(=O)NC)COC(=O)NC. The lowest BCUT2D eigenvalue weighted by Gasteiger charge is -2.30. The summed E-state index contributed by atoms with van der Waals surface area (Å²) in [4.78, 5) is 33.7. The molecule has 0 aliphatic carbocycles. The lowest BCUT2D eigenvalue weighted by Crippen LogP contribution is -2.40. The Morgan fingerprint density at radius 3 is 1.62 bits per heavy atom. The maximum Gasteiger partial charge on any atom is 0.406 e. The van der Waals surface area contributed by atoms with E-state index in [2.05, 4.69) is 10.6 Å². The fourth-order valence-electron chi connectivity index (χ4n) is 1.35. The van der Waals surface area contributed by atoms with E-state index in [1.54, 1.807) is 6.92 Å². The lowest BCUT2D eigenvalue weighted by molar-refractivity contribution is -0.149. The number of alkyl carbamates (subject to hydrolysis) is 2. The Kier molecular flexibility index (Phi) is 8.91. The van der Waals surface area contributed by atoms with Crippen molar-refractivity contribution in [2.75, 3.05) is 33.9 Å². The second-order valence-corrected chi connectivity index (χ2v) is 4.52. The van der Waals surface area contributed by atoms with Crippen LogP contribution in [0.3, 0.4) is 0 Å². The Labute approximate surface area is 124 Å². The Hall–Kier alpha value is -1.99. The lowest BCUT2D eigenvalue weighted by atomic mass is 9.88. The van der Waals surface area contributed by atoms with Crippen LogP contribution in [-0.2, 0) is 19.0 Å². The highest BCUT2D eigenvalue weighted by Gasteiger charge is 2.34. The van der Waals surface area contributed by atoms with Crippen molar-refractivity contribution in [2.24, 2.45) is 5.41 Å². The predicted octanol–water partition coefficient (Wildman–Crippen LogP) is 1.05. The Bertz CT molecular complexity index is 308.